The predicted molar refractivity (Wildman–Crippen MR) is 107 cm³/mol. The van der Waals surface area contributed by atoms with E-state index in [2.05, 4.69) is 20.8 Å². The SMILES string of the molecule is CCOc1ccc(-n2nnnc2SC(C)C(=O)Nc2ccccc2OC)cc1. The molecule has 0 fully saturated rings. The number of nitrogens with one attached hydrogen (secondary N) is 1. The van der Waals surface area contributed by atoms with Gasteiger partial charge in [0.2, 0.25) is 11.1 Å². The Morgan fingerprint density at radius 1 is 1.21 bits per heavy atom. The predicted octanol–water partition coefficient (Wildman–Crippen LogP) is 3.19. The van der Waals surface area contributed by atoms with Crippen molar-refractivity contribution in [1.29, 1.82) is 0 Å². The fourth-order valence-corrected chi connectivity index (χ4v) is 3.27. The van der Waals surface area contributed by atoms with E-state index in [-0.39, 0.29) is 5.91 Å². The van der Waals surface area contributed by atoms with Gasteiger partial charge in [0, 0.05) is 0 Å². The summed E-state index contributed by atoms with van der Waals surface area (Å²) in [6.45, 7) is 4.33. The largest absolute Gasteiger partial charge is 0.495 e. The topological polar surface area (TPSA) is 91.2 Å². The summed E-state index contributed by atoms with van der Waals surface area (Å²) in [4.78, 5) is 12.6. The zero-order valence-electron chi connectivity index (χ0n) is 15.8. The number of anilines is 1. The van der Waals surface area contributed by atoms with Crippen molar-refractivity contribution in [2.75, 3.05) is 19.0 Å². The van der Waals surface area contributed by atoms with Gasteiger partial charge in [-0.25, -0.2) is 0 Å². The van der Waals surface area contributed by atoms with E-state index in [0.29, 0.717) is 23.2 Å². The van der Waals surface area contributed by atoms with Gasteiger partial charge in [0.25, 0.3) is 0 Å². The summed E-state index contributed by atoms with van der Waals surface area (Å²) in [5.74, 6) is 1.21. The smallest absolute Gasteiger partial charge is 0.237 e. The average molecular weight is 399 g/mol. The van der Waals surface area contributed by atoms with E-state index in [0.717, 1.165) is 11.4 Å². The van der Waals surface area contributed by atoms with Gasteiger partial charge < -0.3 is 14.8 Å². The maximum Gasteiger partial charge on any atom is 0.237 e. The fraction of sp³-hybridized carbons (Fsp3) is 0.263. The highest BCUT2D eigenvalue weighted by molar-refractivity contribution is 8.00. The molecule has 1 heterocycles. The number of tetrazole rings is 1. The monoisotopic (exact) mass is 399 g/mol. The second-order valence-corrected chi connectivity index (χ2v) is 7.06. The van der Waals surface area contributed by atoms with Crippen molar-refractivity contribution in [1.82, 2.24) is 20.2 Å². The van der Waals surface area contributed by atoms with Gasteiger partial charge >= 0.3 is 0 Å². The highest BCUT2D eigenvalue weighted by atomic mass is 32.2. The zero-order valence-corrected chi connectivity index (χ0v) is 16.6. The number of carbonyl (C=O) groups is 1. The maximum absolute atomic E-state index is 12.6. The molecule has 1 N–H and O–H groups in total. The molecule has 0 saturated carbocycles. The third-order valence-electron chi connectivity index (χ3n) is 3.85. The van der Waals surface area contributed by atoms with Crippen LogP contribution >= 0.6 is 11.8 Å². The van der Waals surface area contributed by atoms with Crippen molar-refractivity contribution in [2.24, 2.45) is 0 Å². The third-order valence-corrected chi connectivity index (χ3v) is 4.88. The molecule has 1 aromatic heterocycles. The van der Waals surface area contributed by atoms with E-state index < -0.39 is 5.25 Å². The van der Waals surface area contributed by atoms with E-state index in [1.807, 2.05) is 43.3 Å². The van der Waals surface area contributed by atoms with E-state index in [1.54, 1.807) is 30.8 Å². The van der Waals surface area contributed by atoms with Gasteiger partial charge in [-0.3, -0.25) is 4.79 Å². The molecule has 0 bridgehead atoms. The molecule has 2 aromatic carbocycles. The Kier molecular flexibility index (Phi) is 6.49. The fourth-order valence-electron chi connectivity index (χ4n) is 2.46. The van der Waals surface area contributed by atoms with E-state index in [1.165, 1.54) is 11.8 Å². The summed E-state index contributed by atoms with van der Waals surface area (Å²) in [5.41, 5.74) is 1.40. The van der Waals surface area contributed by atoms with Crippen LogP contribution in [0.4, 0.5) is 5.69 Å². The van der Waals surface area contributed by atoms with Crippen LogP contribution in [0, 0.1) is 0 Å². The Hall–Kier alpha value is -3.07. The number of hydrogen-bond donors (Lipinski definition) is 1. The summed E-state index contributed by atoms with van der Waals surface area (Å²) in [6.07, 6.45) is 0. The standard InChI is InChI=1S/C19H21N5O3S/c1-4-27-15-11-9-14(10-12-15)24-19(21-22-23-24)28-13(2)18(25)20-16-7-5-6-8-17(16)26-3/h5-13H,4H2,1-3H3,(H,20,25). The Bertz CT molecular complexity index is 929. The Labute approximate surface area is 167 Å². The summed E-state index contributed by atoms with van der Waals surface area (Å²) in [5, 5.41) is 14.8. The van der Waals surface area contributed by atoms with Crippen molar-refractivity contribution >= 4 is 23.4 Å². The second-order valence-electron chi connectivity index (χ2n) is 5.75. The molecule has 0 radical (unpaired) electrons. The van der Waals surface area contributed by atoms with Crippen molar-refractivity contribution in [3.05, 3.63) is 48.5 Å². The van der Waals surface area contributed by atoms with Gasteiger partial charge in [-0.2, -0.15) is 4.68 Å². The number of methoxy groups -OCH3 is 1. The molecular weight excluding hydrogens is 378 g/mol. The molecule has 28 heavy (non-hydrogen) atoms. The highest BCUT2D eigenvalue weighted by Gasteiger charge is 2.20. The molecule has 3 rings (SSSR count). The van der Waals surface area contributed by atoms with Crippen LogP contribution in [0.3, 0.4) is 0 Å². The molecule has 1 amide bonds. The first kappa shape index (κ1) is 19.7. The molecule has 0 spiro atoms. The molecule has 1 atom stereocenters. The molecular formula is C19H21N5O3S. The summed E-state index contributed by atoms with van der Waals surface area (Å²) in [6, 6.07) is 14.7. The molecule has 0 aliphatic carbocycles. The minimum Gasteiger partial charge on any atom is -0.495 e. The van der Waals surface area contributed by atoms with Crippen LogP contribution in [0.25, 0.3) is 5.69 Å². The Morgan fingerprint density at radius 3 is 2.68 bits per heavy atom. The maximum atomic E-state index is 12.6. The lowest BCUT2D eigenvalue weighted by Gasteiger charge is -2.14. The summed E-state index contributed by atoms with van der Waals surface area (Å²) >= 11 is 1.27. The van der Waals surface area contributed by atoms with Gasteiger partial charge in [0.05, 0.1) is 30.3 Å². The normalized spacial score (nSPS) is 11.7. The van der Waals surface area contributed by atoms with Gasteiger partial charge in [-0.15, -0.1) is 5.10 Å². The van der Waals surface area contributed by atoms with Crippen molar-refractivity contribution in [2.45, 2.75) is 24.3 Å². The number of nitrogens with zero attached hydrogens (tertiary/aromatic N) is 4. The average Bonchev–Trinajstić information content (AvgIpc) is 3.17. The molecule has 0 saturated heterocycles. The number of benzene rings is 2. The van der Waals surface area contributed by atoms with E-state index >= 15 is 0 Å². The van der Waals surface area contributed by atoms with Gasteiger partial charge in [-0.05, 0) is 60.7 Å². The second kappa shape index (κ2) is 9.23. The van der Waals surface area contributed by atoms with Gasteiger partial charge in [-0.1, -0.05) is 23.9 Å². The number of rotatable bonds is 8. The number of para-hydroxylation sites is 2. The van der Waals surface area contributed by atoms with Gasteiger partial charge in [0.15, 0.2) is 0 Å². The van der Waals surface area contributed by atoms with Crippen LogP contribution < -0.4 is 14.8 Å². The lowest BCUT2D eigenvalue weighted by atomic mass is 10.3. The first-order valence-corrected chi connectivity index (χ1v) is 9.62. The Balaban J connectivity index is 1.70. The first-order chi connectivity index (χ1) is 13.6. The number of thioether (sulfide) groups is 1. The van der Waals surface area contributed by atoms with Crippen molar-refractivity contribution in [3.63, 3.8) is 0 Å². The van der Waals surface area contributed by atoms with Crippen LogP contribution in [0.2, 0.25) is 0 Å². The third kappa shape index (κ3) is 4.61. The van der Waals surface area contributed by atoms with Crippen LogP contribution in [0.15, 0.2) is 53.7 Å². The molecule has 0 aliphatic heterocycles. The van der Waals surface area contributed by atoms with Crippen LogP contribution in [0.5, 0.6) is 11.5 Å². The number of amides is 1. The molecule has 3 aromatic rings. The van der Waals surface area contributed by atoms with Gasteiger partial charge in [0.1, 0.15) is 11.5 Å². The Morgan fingerprint density at radius 2 is 1.96 bits per heavy atom. The number of ether oxygens (including phenoxy) is 2. The lowest BCUT2D eigenvalue weighted by Crippen LogP contribution is -2.23. The highest BCUT2D eigenvalue weighted by Crippen LogP contribution is 2.27. The minimum atomic E-state index is -0.419. The van der Waals surface area contributed by atoms with Crippen molar-refractivity contribution < 1.29 is 14.3 Å². The quantitative estimate of drug-likeness (QED) is 0.582. The minimum absolute atomic E-state index is 0.171. The summed E-state index contributed by atoms with van der Waals surface area (Å²) < 4.78 is 12.3. The molecule has 8 nitrogen and oxygen atoms in total. The molecule has 0 aliphatic rings. The molecule has 9 heteroatoms. The van der Waals surface area contributed by atoms with E-state index in [9.17, 15) is 4.79 Å². The molecule has 146 valence electrons. The van der Waals surface area contributed by atoms with Crippen molar-refractivity contribution in [3.8, 4) is 17.2 Å². The number of aromatic nitrogens is 4. The van der Waals surface area contributed by atoms with Crippen LogP contribution in [-0.2, 0) is 4.79 Å². The zero-order chi connectivity index (χ0) is 19.9. The van der Waals surface area contributed by atoms with E-state index in [4.69, 9.17) is 9.47 Å². The summed E-state index contributed by atoms with van der Waals surface area (Å²) in [7, 11) is 1.56. The van der Waals surface area contributed by atoms with Crippen LogP contribution in [0.1, 0.15) is 13.8 Å². The lowest BCUT2D eigenvalue weighted by molar-refractivity contribution is -0.115. The molecule has 1 unspecified atom stereocenters. The number of carbonyl (C=O) groups excluding carboxylic acids is 1. The first-order valence-electron chi connectivity index (χ1n) is 8.74. The van der Waals surface area contributed by atoms with Crippen LogP contribution in [-0.4, -0.2) is 45.1 Å². The number of hydrogen-bond acceptors (Lipinski definition) is 7.